The molecule has 4 aromatic rings. The van der Waals surface area contributed by atoms with Crippen molar-refractivity contribution in [2.24, 2.45) is 0 Å². The number of aromatic amines is 1. The predicted octanol–water partition coefficient (Wildman–Crippen LogP) is 3.81. The summed E-state index contributed by atoms with van der Waals surface area (Å²) in [5.41, 5.74) is 3.09. The number of aromatic nitrogens is 2. The SMILES string of the molecule is Cc1ccc(S(=O)(=O)N(CC(=O)NCc2cccc(-c3noc(=O)[nH]3)c2)c2cccc(Cl)c2C)cc1. The monoisotopic (exact) mass is 526 g/mol. The summed E-state index contributed by atoms with van der Waals surface area (Å²) < 4.78 is 32.8. The number of aryl methyl sites for hydroxylation is 1. The average Bonchev–Trinajstić information content (AvgIpc) is 3.30. The quantitative estimate of drug-likeness (QED) is 0.359. The van der Waals surface area contributed by atoms with E-state index in [1.807, 2.05) is 6.92 Å². The Morgan fingerprint density at radius 2 is 1.81 bits per heavy atom. The first-order chi connectivity index (χ1) is 17.1. The van der Waals surface area contributed by atoms with Gasteiger partial charge in [-0.25, -0.2) is 13.2 Å². The number of halogens is 1. The first-order valence-electron chi connectivity index (χ1n) is 10.9. The van der Waals surface area contributed by atoms with Crippen LogP contribution in [0.1, 0.15) is 16.7 Å². The molecule has 186 valence electrons. The molecule has 0 spiro atoms. The minimum atomic E-state index is -4.07. The van der Waals surface area contributed by atoms with E-state index < -0.39 is 28.2 Å². The number of carbonyl (C=O) groups is 1. The van der Waals surface area contributed by atoms with Crippen molar-refractivity contribution in [1.29, 1.82) is 0 Å². The summed E-state index contributed by atoms with van der Waals surface area (Å²) in [4.78, 5) is 26.7. The number of hydrogen-bond donors (Lipinski definition) is 2. The zero-order valence-electron chi connectivity index (χ0n) is 19.5. The molecule has 11 heteroatoms. The highest BCUT2D eigenvalue weighted by molar-refractivity contribution is 7.92. The van der Waals surface area contributed by atoms with E-state index in [-0.39, 0.29) is 17.3 Å². The van der Waals surface area contributed by atoms with E-state index >= 15 is 0 Å². The van der Waals surface area contributed by atoms with Gasteiger partial charge >= 0.3 is 5.76 Å². The second-order valence-corrected chi connectivity index (χ2v) is 10.4. The number of rotatable bonds is 8. The fourth-order valence-electron chi connectivity index (χ4n) is 3.57. The Balaban J connectivity index is 1.57. The fraction of sp³-hybridized carbons (Fsp3) is 0.160. The maximum atomic E-state index is 13.6. The van der Waals surface area contributed by atoms with E-state index in [0.717, 1.165) is 15.4 Å². The van der Waals surface area contributed by atoms with Crippen LogP contribution in [0.2, 0.25) is 5.02 Å². The van der Waals surface area contributed by atoms with Crippen molar-refractivity contribution in [3.05, 3.63) is 99.0 Å². The largest absolute Gasteiger partial charge is 0.439 e. The molecule has 36 heavy (non-hydrogen) atoms. The van der Waals surface area contributed by atoms with Crippen molar-refractivity contribution in [3.63, 3.8) is 0 Å². The summed E-state index contributed by atoms with van der Waals surface area (Å²) in [5.74, 6) is -0.917. The van der Waals surface area contributed by atoms with Gasteiger partial charge in [-0.1, -0.05) is 58.7 Å². The smallest absolute Gasteiger partial charge is 0.350 e. The molecule has 0 radical (unpaired) electrons. The van der Waals surface area contributed by atoms with Gasteiger partial charge in [0.2, 0.25) is 5.91 Å². The third kappa shape index (κ3) is 5.50. The first kappa shape index (κ1) is 25.2. The van der Waals surface area contributed by atoms with Crippen LogP contribution in [0, 0.1) is 13.8 Å². The van der Waals surface area contributed by atoms with Crippen LogP contribution in [0.25, 0.3) is 11.4 Å². The fourth-order valence-corrected chi connectivity index (χ4v) is 5.22. The van der Waals surface area contributed by atoms with Gasteiger partial charge in [-0.2, -0.15) is 0 Å². The van der Waals surface area contributed by atoms with Crippen LogP contribution >= 0.6 is 11.6 Å². The van der Waals surface area contributed by atoms with Gasteiger partial charge in [0.25, 0.3) is 10.0 Å². The third-order valence-electron chi connectivity index (χ3n) is 5.53. The van der Waals surface area contributed by atoms with Gasteiger partial charge in [0.05, 0.1) is 10.6 Å². The maximum absolute atomic E-state index is 13.6. The molecule has 3 aromatic carbocycles. The highest BCUT2D eigenvalue weighted by atomic mass is 35.5. The molecule has 1 heterocycles. The summed E-state index contributed by atoms with van der Waals surface area (Å²) in [6.07, 6.45) is 0. The molecule has 0 saturated carbocycles. The Labute approximate surface area is 212 Å². The van der Waals surface area contributed by atoms with Gasteiger partial charge in [0.1, 0.15) is 6.54 Å². The zero-order chi connectivity index (χ0) is 25.9. The minimum absolute atomic E-state index is 0.0644. The molecule has 0 aliphatic carbocycles. The summed E-state index contributed by atoms with van der Waals surface area (Å²) >= 11 is 6.26. The number of hydrogen-bond acceptors (Lipinski definition) is 6. The summed E-state index contributed by atoms with van der Waals surface area (Å²) in [7, 11) is -4.07. The van der Waals surface area contributed by atoms with E-state index in [2.05, 4.69) is 20.0 Å². The number of amides is 1. The van der Waals surface area contributed by atoms with Crippen LogP contribution in [-0.4, -0.2) is 31.0 Å². The Hall–Kier alpha value is -3.89. The number of benzene rings is 3. The minimum Gasteiger partial charge on any atom is -0.350 e. The molecule has 0 unspecified atom stereocenters. The number of anilines is 1. The highest BCUT2D eigenvalue weighted by Crippen LogP contribution is 2.31. The normalized spacial score (nSPS) is 11.3. The van der Waals surface area contributed by atoms with Crippen LogP contribution in [0.5, 0.6) is 0 Å². The van der Waals surface area contributed by atoms with E-state index in [9.17, 15) is 18.0 Å². The third-order valence-corrected chi connectivity index (χ3v) is 7.72. The summed E-state index contributed by atoms with van der Waals surface area (Å²) in [6, 6.07) is 18.3. The van der Waals surface area contributed by atoms with Gasteiger partial charge < -0.3 is 5.32 Å². The molecular formula is C25H23ClN4O5S. The molecule has 9 nitrogen and oxygen atoms in total. The summed E-state index contributed by atoms with van der Waals surface area (Å²) in [5, 5.41) is 6.80. The number of carbonyl (C=O) groups excluding carboxylic acids is 1. The van der Waals surface area contributed by atoms with E-state index in [4.69, 9.17) is 11.6 Å². The van der Waals surface area contributed by atoms with Crippen molar-refractivity contribution < 1.29 is 17.7 Å². The number of nitrogens with zero attached hydrogens (tertiary/aromatic N) is 2. The molecule has 0 aliphatic heterocycles. The van der Waals surface area contributed by atoms with Crippen molar-refractivity contribution >= 4 is 33.2 Å². The molecule has 1 aromatic heterocycles. The van der Waals surface area contributed by atoms with Gasteiger partial charge in [-0.05, 0) is 55.3 Å². The van der Waals surface area contributed by atoms with Crippen molar-refractivity contribution in [2.45, 2.75) is 25.3 Å². The number of sulfonamides is 1. The molecule has 0 fully saturated rings. The summed E-state index contributed by atoms with van der Waals surface area (Å²) in [6.45, 7) is 3.24. The highest BCUT2D eigenvalue weighted by Gasteiger charge is 2.28. The van der Waals surface area contributed by atoms with E-state index in [1.54, 1.807) is 61.5 Å². The van der Waals surface area contributed by atoms with Crippen LogP contribution < -0.4 is 15.4 Å². The van der Waals surface area contributed by atoms with Gasteiger partial charge in [0, 0.05) is 17.1 Å². The van der Waals surface area contributed by atoms with Crippen LogP contribution in [0.4, 0.5) is 5.69 Å². The van der Waals surface area contributed by atoms with E-state index in [1.165, 1.54) is 12.1 Å². The standard InChI is InChI=1S/C25H23ClN4O5S/c1-16-9-11-20(12-10-16)36(33,34)30(22-8-4-7-21(26)17(22)2)15-23(31)27-14-18-5-3-6-19(13-18)24-28-25(32)35-29-24/h3-13H,14-15H2,1-2H3,(H,27,31)(H,28,29,32). The molecule has 0 aliphatic rings. The number of H-pyrrole nitrogens is 1. The van der Waals surface area contributed by atoms with Crippen molar-refractivity contribution in [1.82, 2.24) is 15.5 Å². The van der Waals surface area contributed by atoms with Gasteiger partial charge in [-0.15, -0.1) is 0 Å². The van der Waals surface area contributed by atoms with Crippen LogP contribution in [0.15, 0.2) is 80.9 Å². The first-order valence-corrected chi connectivity index (χ1v) is 12.7. The second kappa shape index (κ2) is 10.4. The van der Waals surface area contributed by atoms with Crippen LogP contribution in [0.3, 0.4) is 0 Å². The second-order valence-electron chi connectivity index (χ2n) is 8.13. The Morgan fingerprint density at radius 1 is 1.08 bits per heavy atom. The molecular weight excluding hydrogens is 504 g/mol. The zero-order valence-corrected chi connectivity index (χ0v) is 21.1. The average molecular weight is 527 g/mol. The van der Waals surface area contributed by atoms with Gasteiger partial charge in [-0.3, -0.25) is 18.6 Å². The Kier molecular flexibility index (Phi) is 7.27. The van der Waals surface area contributed by atoms with Crippen molar-refractivity contribution in [2.75, 3.05) is 10.8 Å². The maximum Gasteiger partial charge on any atom is 0.439 e. The topological polar surface area (TPSA) is 125 Å². The lowest BCUT2D eigenvalue weighted by Crippen LogP contribution is -2.41. The molecule has 4 rings (SSSR count). The molecule has 2 N–H and O–H groups in total. The predicted molar refractivity (Wildman–Crippen MR) is 136 cm³/mol. The lowest BCUT2D eigenvalue weighted by Gasteiger charge is -2.26. The molecule has 0 bridgehead atoms. The number of nitrogens with one attached hydrogen (secondary N) is 2. The lowest BCUT2D eigenvalue weighted by molar-refractivity contribution is -0.119. The van der Waals surface area contributed by atoms with Gasteiger partial charge in [0.15, 0.2) is 5.82 Å². The Bertz CT molecular complexity index is 1560. The van der Waals surface area contributed by atoms with Crippen LogP contribution in [-0.2, 0) is 21.4 Å². The molecule has 0 saturated heterocycles. The molecule has 1 amide bonds. The van der Waals surface area contributed by atoms with E-state index in [0.29, 0.717) is 21.8 Å². The van der Waals surface area contributed by atoms with Crippen molar-refractivity contribution in [3.8, 4) is 11.4 Å². The lowest BCUT2D eigenvalue weighted by atomic mass is 10.1. The molecule has 0 atom stereocenters. The Morgan fingerprint density at radius 3 is 2.50 bits per heavy atom.